The summed E-state index contributed by atoms with van der Waals surface area (Å²) in [7, 11) is 0. The lowest BCUT2D eigenvalue weighted by atomic mass is 9.98. The first-order chi connectivity index (χ1) is 13.0. The minimum Gasteiger partial charge on any atom is -0.355 e. The standard InChI is InChI=1S/C19H19F2N3O3/c20-14-6-3-11(8-15(14)21)17-9-16(23-27-17)19(26)24(13-4-5-13)18(25)12-2-1-7-22-10-12/h3,6,8-9,12-13,22H,1-2,4-5,7,10H2. The maximum absolute atomic E-state index is 13.4. The van der Waals surface area contributed by atoms with E-state index in [-0.39, 0.29) is 34.9 Å². The second-order valence-corrected chi connectivity index (χ2v) is 6.99. The Morgan fingerprint density at radius 2 is 1.96 bits per heavy atom. The average Bonchev–Trinajstić information content (AvgIpc) is 3.39. The van der Waals surface area contributed by atoms with Crippen LogP contribution in [-0.2, 0) is 4.79 Å². The third kappa shape index (κ3) is 3.62. The molecule has 1 aromatic carbocycles. The minimum absolute atomic E-state index is 0.0150. The molecule has 1 N–H and O–H groups in total. The number of carbonyl (C=O) groups excluding carboxylic acids is 2. The lowest BCUT2D eigenvalue weighted by Crippen LogP contribution is -2.46. The molecule has 1 aromatic heterocycles. The van der Waals surface area contributed by atoms with Gasteiger partial charge in [0, 0.05) is 24.2 Å². The molecule has 0 radical (unpaired) electrons. The summed E-state index contributed by atoms with van der Waals surface area (Å²) in [6.45, 7) is 1.44. The van der Waals surface area contributed by atoms with Crippen LogP contribution in [0.4, 0.5) is 8.78 Å². The molecule has 1 aliphatic heterocycles. The van der Waals surface area contributed by atoms with Crippen molar-refractivity contribution < 1.29 is 22.9 Å². The van der Waals surface area contributed by atoms with Crippen molar-refractivity contribution in [2.24, 2.45) is 5.92 Å². The molecule has 4 rings (SSSR count). The molecule has 1 atom stereocenters. The predicted molar refractivity (Wildman–Crippen MR) is 91.6 cm³/mol. The second kappa shape index (κ2) is 7.19. The third-order valence-electron chi connectivity index (χ3n) is 4.95. The fourth-order valence-corrected chi connectivity index (χ4v) is 3.32. The van der Waals surface area contributed by atoms with Gasteiger partial charge in [0.1, 0.15) is 0 Å². The van der Waals surface area contributed by atoms with E-state index >= 15 is 0 Å². The van der Waals surface area contributed by atoms with Crippen molar-refractivity contribution in [1.29, 1.82) is 0 Å². The van der Waals surface area contributed by atoms with Gasteiger partial charge in [-0.05, 0) is 50.4 Å². The summed E-state index contributed by atoms with van der Waals surface area (Å²) in [5.74, 6) is -2.77. The van der Waals surface area contributed by atoms with Crippen LogP contribution >= 0.6 is 0 Å². The zero-order chi connectivity index (χ0) is 19.0. The van der Waals surface area contributed by atoms with Crippen LogP contribution in [0.3, 0.4) is 0 Å². The quantitative estimate of drug-likeness (QED) is 0.832. The molecular formula is C19H19F2N3O3. The molecule has 0 spiro atoms. The van der Waals surface area contributed by atoms with E-state index < -0.39 is 17.5 Å². The number of carbonyl (C=O) groups is 2. The van der Waals surface area contributed by atoms with E-state index in [0.29, 0.717) is 6.54 Å². The minimum atomic E-state index is -1.02. The largest absolute Gasteiger partial charge is 0.355 e. The summed E-state index contributed by atoms with van der Waals surface area (Å²) in [6.07, 6.45) is 3.21. The average molecular weight is 375 g/mol. The number of piperidine rings is 1. The van der Waals surface area contributed by atoms with Crippen molar-refractivity contribution in [2.75, 3.05) is 13.1 Å². The van der Waals surface area contributed by atoms with Crippen LogP contribution in [0.2, 0.25) is 0 Å². The van der Waals surface area contributed by atoms with Gasteiger partial charge in [-0.2, -0.15) is 0 Å². The van der Waals surface area contributed by atoms with Gasteiger partial charge < -0.3 is 9.84 Å². The van der Waals surface area contributed by atoms with Gasteiger partial charge in [0.25, 0.3) is 5.91 Å². The highest BCUT2D eigenvalue weighted by atomic mass is 19.2. The molecule has 8 heteroatoms. The van der Waals surface area contributed by atoms with Crippen LogP contribution in [0.25, 0.3) is 11.3 Å². The van der Waals surface area contributed by atoms with Gasteiger partial charge in [0.15, 0.2) is 23.1 Å². The number of aromatic nitrogens is 1. The SMILES string of the molecule is O=C(c1cc(-c2ccc(F)c(F)c2)on1)N(C(=O)C1CCCNC1)C1CC1. The Bertz CT molecular complexity index is 873. The molecule has 2 heterocycles. The van der Waals surface area contributed by atoms with Crippen LogP contribution in [0.15, 0.2) is 28.8 Å². The molecule has 2 fully saturated rings. The van der Waals surface area contributed by atoms with Crippen molar-refractivity contribution in [3.05, 3.63) is 41.6 Å². The summed E-state index contributed by atoms with van der Waals surface area (Å²) < 4.78 is 31.6. The highest BCUT2D eigenvalue weighted by molar-refractivity contribution is 6.05. The Morgan fingerprint density at radius 3 is 2.63 bits per heavy atom. The van der Waals surface area contributed by atoms with Crippen molar-refractivity contribution >= 4 is 11.8 Å². The second-order valence-electron chi connectivity index (χ2n) is 6.99. The molecule has 1 saturated heterocycles. The molecule has 2 aliphatic rings. The van der Waals surface area contributed by atoms with Gasteiger partial charge in [-0.15, -0.1) is 0 Å². The topological polar surface area (TPSA) is 75.4 Å². The van der Waals surface area contributed by atoms with Crippen LogP contribution in [0.1, 0.15) is 36.2 Å². The van der Waals surface area contributed by atoms with E-state index in [9.17, 15) is 18.4 Å². The lowest BCUT2D eigenvalue weighted by molar-refractivity contribution is -0.133. The van der Waals surface area contributed by atoms with E-state index in [1.54, 1.807) is 0 Å². The highest BCUT2D eigenvalue weighted by Gasteiger charge is 2.41. The van der Waals surface area contributed by atoms with E-state index in [2.05, 4.69) is 10.5 Å². The van der Waals surface area contributed by atoms with Gasteiger partial charge in [-0.25, -0.2) is 8.78 Å². The van der Waals surface area contributed by atoms with Crippen molar-refractivity contribution in [1.82, 2.24) is 15.4 Å². The van der Waals surface area contributed by atoms with Gasteiger partial charge >= 0.3 is 0 Å². The molecule has 1 unspecified atom stereocenters. The van der Waals surface area contributed by atoms with Crippen molar-refractivity contribution in [3.8, 4) is 11.3 Å². The smallest absolute Gasteiger partial charge is 0.282 e. The van der Waals surface area contributed by atoms with E-state index in [4.69, 9.17) is 4.52 Å². The zero-order valence-corrected chi connectivity index (χ0v) is 14.6. The number of hydrogen-bond acceptors (Lipinski definition) is 5. The molecule has 2 amide bonds. The molecule has 27 heavy (non-hydrogen) atoms. The van der Waals surface area contributed by atoms with Crippen molar-refractivity contribution in [3.63, 3.8) is 0 Å². The summed E-state index contributed by atoms with van der Waals surface area (Å²) in [5.41, 5.74) is 0.250. The number of benzene rings is 1. The first-order valence-corrected chi connectivity index (χ1v) is 9.05. The number of imide groups is 1. The third-order valence-corrected chi connectivity index (χ3v) is 4.95. The first-order valence-electron chi connectivity index (χ1n) is 9.05. The van der Waals surface area contributed by atoms with Crippen LogP contribution in [-0.4, -0.2) is 41.0 Å². The van der Waals surface area contributed by atoms with E-state index in [1.165, 1.54) is 17.0 Å². The maximum atomic E-state index is 13.4. The number of nitrogens with one attached hydrogen (secondary N) is 1. The molecule has 142 valence electrons. The molecule has 2 aromatic rings. The fourth-order valence-electron chi connectivity index (χ4n) is 3.32. The summed E-state index contributed by atoms with van der Waals surface area (Å²) >= 11 is 0. The molecule has 1 saturated carbocycles. The van der Waals surface area contributed by atoms with Gasteiger partial charge in [0.05, 0.1) is 5.92 Å². The van der Waals surface area contributed by atoms with Crippen LogP contribution < -0.4 is 5.32 Å². The molecule has 0 bridgehead atoms. The Morgan fingerprint density at radius 1 is 1.15 bits per heavy atom. The number of rotatable bonds is 4. The number of hydrogen-bond donors (Lipinski definition) is 1. The zero-order valence-electron chi connectivity index (χ0n) is 14.6. The summed E-state index contributed by atoms with van der Waals surface area (Å²) in [6, 6.07) is 4.55. The molecule has 6 nitrogen and oxygen atoms in total. The highest BCUT2D eigenvalue weighted by Crippen LogP contribution is 2.31. The molecule has 1 aliphatic carbocycles. The van der Waals surface area contributed by atoms with Crippen molar-refractivity contribution in [2.45, 2.75) is 31.7 Å². The summed E-state index contributed by atoms with van der Waals surface area (Å²) in [5, 5.41) is 6.94. The van der Waals surface area contributed by atoms with E-state index in [1.807, 2.05) is 0 Å². The monoisotopic (exact) mass is 375 g/mol. The van der Waals surface area contributed by atoms with Gasteiger partial charge in [-0.3, -0.25) is 14.5 Å². The van der Waals surface area contributed by atoms with E-state index in [0.717, 1.165) is 44.4 Å². The number of amides is 2. The Balaban J connectivity index is 1.56. The Hall–Kier alpha value is -2.61. The van der Waals surface area contributed by atoms with Gasteiger partial charge in [-0.1, -0.05) is 5.16 Å². The normalized spacial score (nSPS) is 19.7. The van der Waals surface area contributed by atoms with Crippen LogP contribution in [0, 0.1) is 17.6 Å². The maximum Gasteiger partial charge on any atom is 0.282 e. The fraction of sp³-hybridized carbons (Fsp3) is 0.421. The Labute approximate surface area is 154 Å². The number of nitrogens with zero attached hydrogens (tertiary/aromatic N) is 2. The molecular weight excluding hydrogens is 356 g/mol. The number of halogens is 2. The van der Waals surface area contributed by atoms with Gasteiger partial charge in [0.2, 0.25) is 5.91 Å². The van der Waals surface area contributed by atoms with Crippen LogP contribution in [0.5, 0.6) is 0 Å². The lowest BCUT2D eigenvalue weighted by Gasteiger charge is -2.28. The predicted octanol–water partition coefficient (Wildman–Crippen LogP) is 2.75. The first kappa shape index (κ1) is 17.8. The summed E-state index contributed by atoms with van der Waals surface area (Å²) in [4.78, 5) is 27.1. The Kier molecular flexibility index (Phi) is 4.73.